The Morgan fingerprint density at radius 3 is 2.59 bits per heavy atom. The van der Waals surface area contributed by atoms with Crippen molar-refractivity contribution < 1.29 is 9.90 Å². The number of nitrogens with one attached hydrogen (secondary N) is 2. The molecule has 0 aliphatic rings. The second-order valence-electron chi connectivity index (χ2n) is 6.05. The summed E-state index contributed by atoms with van der Waals surface area (Å²) in [5.41, 5.74) is 1.07. The Morgan fingerprint density at radius 2 is 2.05 bits per heavy atom. The molecule has 1 aromatic carbocycles. The van der Waals surface area contributed by atoms with Gasteiger partial charge in [0.05, 0.1) is 12.1 Å². The Balaban J connectivity index is 2.92. The van der Waals surface area contributed by atoms with Gasteiger partial charge in [-0.1, -0.05) is 32.0 Å². The van der Waals surface area contributed by atoms with Crippen molar-refractivity contribution in [1.29, 1.82) is 5.26 Å². The van der Waals surface area contributed by atoms with E-state index in [-0.39, 0.29) is 18.1 Å². The largest absolute Gasteiger partial charge is 0.394 e. The predicted molar refractivity (Wildman–Crippen MR) is 87.2 cm³/mol. The molecule has 0 saturated carbocycles. The summed E-state index contributed by atoms with van der Waals surface area (Å²) in [6.07, 6.45) is 1.34. The van der Waals surface area contributed by atoms with Gasteiger partial charge in [0, 0.05) is 11.9 Å². The summed E-state index contributed by atoms with van der Waals surface area (Å²) in [6, 6.07) is 9.38. The Morgan fingerprint density at radius 1 is 1.41 bits per heavy atom. The molecule has 5 heteroatoms. The van der Waals surface area contributed by atoms with Crippen LogP contribution in [0.15, 0.2) is 36.0 Å². The van der Waals surface area contributed by atoms with Crippen LogP contribution in [0.2, 0.25) is 0 Å². The zero-order valence-corrected chi connectivity index (χ0v) is 13.5. The van der Waals surface area contributed by atoms with Crippen molar-refractivity contribution in [3.8, 4) is 6.07 Å². The molecule has 0 heterocycles. The molecule has 0 bridgehead atoms. The number of benzene rings is 1. The molecule has 0 aromatic heterocycles. The minimum Gasteiger partial charge on any atom is -0.394 e. The van der Waals surface area contributed by atoms with Gasteiger partial charge in [-0.15, -0.1) is 0 Å². The Kier molecular flexibility index (Phi) is 6.14. The van der Waals surface area contributed by atoms with Gasteiger partial charge >= 0.3 is 0 Å². The topological polar surface area (TPSA) is 85.2 Å². The molecule has 22 heavy (non-hydrogen) atoms. The van der Waals surface area contributed by atoms with E-state index < -0.39 is 11.4 Å². The van der Waals surface area contributed by atoms with Gasteiger partial charge in [-0.2, -0.15) is 5.26 Å². The quantitative estimate of drug-likeness (QED) is 0.557. The lowest BCUT2D eigenvalue weighted by atomic mass is 10.0. The Labute approximate surface area is 131 Å². The minimum absolute atomic E-state index is 0.0416. The van der Waals surface area contributed by atoms with Crippen LogP contribution in [-0.4, -0.2) is 23.2 Å². The third-order valence-corrected chi connectivity index (χ3v) is 3.20. The number of rotatable bonds is 6. The molecule has 0 radical (unpaired) electrons. The highest BCUT2D eigenvalue weighted by molar-refractivity contribution is 6.06. The molecule has 1 amide bonds. The SMILES string of the molecule is CC(C)c1ccccc1NC(=O)/C(C#N)=C\NC(C)(C)CO. The molecule has 0 aliphatic carbocycles. The molecule has 5 nitrogen and oxygen atoms in total. The van der Waals surface area contributed by atoms with Crippen molar-refractivity contribution >= 4 is 11.6 Å². The highest BCUT2D eigenvalue weighted by atomic mass is 16.3. The highest BCUT2D eigenvalue weighted by Gasteiger charge is 2.17. The van der Waals surface area contributed by atoms with Gasteiger partial charge in [0.1, 0.15) is 11.6 Å². The number of anilines is 1. The van der Waals surface area contributed by atoms with E-state index in [1.165, 1.54) is 6.20 Å². The Hall–Kier alpha value is -2.32. The monoisotopic (exact) mass is 301 g/mol. The predicted octanol–water partition coefficient (Wildman–Crippen LogP) is 2.52. The standard InChI is InChI=1S/C17H23N3O2/c1-12(2)14-7-5-6-8-15(14)20-16(22)13(9-18)10-19-17(3,4)11-21/h5-8,10,12,19,21H,11H2,1-4H3,(H,20,22)/b13-10-. The van der Waals surface area contributed by atoms with Crippen LogP contribution in [0.1, 0.15) is 39.2 Å². The maximum Gasteiger partial charge on any atom is 0.267 e. The van der Waals surface area contributed by atoms with Crippen LogP contribution in [0.3, 0.4) is 0 Å². The maximum absolute atomic E-state index is 12.2. The molecular formula is C17H23N3O2. The van der Waals surface area contributed by atoms with Gasteiger partial charge in [0.2, 0.25) is 0 Å². The van der Waals surface area contributed by atoms with Crippen LogP contribution in [0, 0.1) is 11.3 Å². The van der Waals surface area contributed by atoms with Crippen molar-refractivity contribution in [2.45, 2.75) is 39.2 Å². The first kappa shape index (κ1) is 17.7. The zero-order chi connectivity index (χ0) is 16.8. The number of aliphatic hydroxyl groups is 1. The van der Waals surface area contributed by atoms with Gasteiger partial charge in [-0.25, -0.2) is 0 Å². The molecule has 1 aromatic rings. The number of para-hydroxylation sites is 1. The van der Waals surface area contributed by atoms with E-state index in [1.807, 2.05) is 44.2 Å². The number of aliphatic hydroxyl groups excluding tert-OH is 1. The third-order valence-electron chi connectivity index (χ3n) is 3.20. The molecule has 0 aliphatic heterocycles. The summed E-state index contributed by atoms with van der Waals surface area (Å²) in [7, 11) is 0. The normalized spacial score (nSPS) is 12.0. The average Bonchev–Trinajstić information content (AvgIpc) is 2.48. The van der Waals surface area contributed by atoms with Crippen LogP contribution in [0.5, 0.6) is 0 Å². The summed E-state index contributed by atoms with van der Waals surface area (Å²) in [5.74, 6) is -0.214. The summed E-state index contributed by atoms with van der Waals surface area (Å²) in [6.45, 7) is 7.50. The lowest BCUT2D eigenvalue weighted by molar-refractivity contribution is -0.112. The Bertz CT molecular complexity index is 598. The number of hydrogen-bond donors (Lipinski definition) is 3. The summed E-state index contributed by atoms with van der Waals surface area (Å²) >= 11 is 0. The van der Waals surface area contributed by atoms with Gasteiger partial charge < -0.3 is 15.7 Å². The van der Waals surface area contributed by atoms with Crippen molar-refractivity contribution in [1.82, 2.24) is 5.32 Å². The van der Waals surface area contributed by atoms with Crippen LogP contribution in [-0.2, 0) is 4.79 Å². The first-order valence-electron chi connectivity index (χ1n) is 7.20. The van der Waals surface area contributed by atoms with Crippen molar-refractivity contribution in [3.63, 3.8) is 0 Å². The molecule has 0 saturated heterocycles. The molecule has 118 valence electrons. The second-order valence-corrected chi connectivity index (χ2v) is 6.05. The average molecular weight is 301 g/mol. The molecule has 0 atom stereocenters. The van der Waals surface area contributed by atoms with E-state index >= 15 is 0 Å². The van der Waals surface area contributed by atoms with Crippen LogP contribution in [0.25, 0.3) is 0 Å². The number of carbonyl (C=O) groups excluding carboxylic acids is 1. The summed E-state index contributed by atoms with van der Waals surface area (Å²) in [5, 5.41) is 23.9. The summed E-state index contributed by atoms with van der Waals surface area (Å²) < 4.78 is 0. The van der Waals surface area contributed by atoms with E-state index in [1.54, 1.807) is 13.8 Å². The number of nitriles is 1. The minimum atomic E-state index is -0.599. The van der Waals surface area contributed by atoms with E-state index in [0.717, 1.165) is 5.56 Å². The first-order valence-corrected chi connectivity index (χ1v) is 7.20. The third kappa shape index (κ3) is 4.90. The van der Waals surface area contributed by atoms with Gasteiger partial charge in [0.15, 0.2) is 0 Å². The fourth-order valence-electron chi connectivity index (χ4n) is 1.77. The van der Waals surface area contributed by atoms with Crippen LogP contribution in [0.4, 0.5) is 5.69 Å². The maximum atomic E-state index is 12.2. The highest BCUT2D eigenvalue weighted by Crippen LogP contribution is 2.24. The lowest BCUT2D eigenvalue weighted by Gasteiger charge is -2.22. The van der Waals surface area contributed by atoms with Gasteiger partial charge in [-0.3, -0.25) is 4.79 Å². The van der Waals surface area contributed by atoms with Crippen molar-refractivity contribution in [2.24, 2.45) is 0 Å². The van der Waals surface area contributed by atoms with Crippen LogP contribution < -0.4 is 10.6 Å². The van der Waals surface area contributed by atoms with Gasteiger partial charge in [0.25, 0.3) is 5.91 Å². The van der Waals surface area contributed by atoms with E-state index in [0.29, 0.717) is 5.69 Å². The fraction of sp³-hybridized carbons (Fsp3) is 0.412. The van der Waals surface area contributed by atoms with Crippen molar-refractivity contribution in [3.05, 3.63) is 41.6 Å². The summed E-state index contributed by atoms with van der Waals surface area (Å²) in [4.78, 5) is 12.2. The first-order chi connectivity index (χ1) is 10.3. The van der Waals surface area contributed by atoms with E-state index in [9.17, 15) is 9.90 Å². The molecule has 0 unspecified atom stereocenters. The zero-order valence-electron chi connectivity index (χ0n) is 13.5. The van der Waals surface area contributed by atoms with E-state index in [2.05, 4.69) is 10.6 Å². The number of hydrogen-bond acceptors (Lipinski definition) is 4. The smallest absolute Gasteiger partial charge is 0.267 e. The lowest BCUT2D eigenvalue weighted by Crippen LogP contribution is -2.39. The van der Waals surface area contributed by atoms with Crippen molar-refractivity contribution in [2.75, 3.05) is 11.9 Å². The number of nitrogens with zero attached hydrogens (tertiary/aromatic N) is 1. The fourth-order valence-corrected chi connectivity index (χ4v) is 1.77. The molecule has 0 spiro atoms. The molecule has 3 N–H and O–H groups in total. The van der Waals surface area contributed by atoms with E-state index in [4.69, 9.17) is 5.26 Å². The van der Waals surface area contributed by atoms with Crippen LogP contribution >= 0.6 is 0 Å². The number of amides is 1. The number of carbonyl (C=O) groups is 1. The van der Waals surface area contributed by atoms with Gasteiger partial charge in [-0.05, 0) is 31.4 Å². The molecule has 1 rings (SSSR count). The molecule has 0 fully saturated rings. The molecular weight excluding hydrogens is 278 g/mol. The second kappa shape index (κ2) is 7.62.